The normalized spacial score (nSPS) is 27.0. The Hall–Kier alpha value is -2.96. The number of imidazole rings is 1. The Bertz CT molecular complexity index is 903. The Balaban J connectivity index is 1.57. The van der Waals surface area contributed by atoms with E-state index in [2.05, 4.69) is 15.6 Å². The maximum absolute atomic E-state index is 13.0. The number of carbonyl (C=O) groups is 3. The van der Waals surface area contributed by atoms with E-state index in [9.17, 15) is 14.4 Å². The largest absolute Gasteiger partial charge is 0.349 e. The molecular formula is C18H18N4O3. The summed E-state index contributed by atoms with van der Waals surface area (Å²) < 4.78 is 1.81. The van der Waals surface area contributed by atoms with Gasteiger partial charge in [0, 0.05) is 25.0 Å². The van der Waals surface area contributed by atoms with Gasteiger partial charge in [-0.1, -0.05) is 19.1 Å². The van der Waals surface area contributed by atoms with Crippen molar-refractivity contribution >= 4 is 23.3 Å². The summed E-state index contributed by atoms with van der Waals surface area (Å²) in [6, 6.07) is 6.91. The summed E-state index contributed by atoms with van der Waals surface area (Å²) in [6.45, 7) is 1.96. The fourth-order valence-electron chi connectivity index (χ4n) is 3.78. The molecule has 2 aromatic rings. The van der Waals surface area contributed by atoms with Crippen LogP contribution in [0.4, 0.5) is 5.69 Å². The molecule has 0 radical (unpaired) electrons. The second kappa shape index (κ2) is 5.27. The van der Waals surface area contributed by atoms with Crippen molar-refractivity contribution in [2.75, 3.05) is 5.32 Å². The van der Waals surface area contributed by atoms with E-state index in [1.54, 1.807) is 48.1 Å². The third-order valence-corrected chi connectivity index (χ3v) is 5.34. The van der Waals surface area contributed by atoms with Crippen molar-refractivity contribution in [3.63, 3.8) is 0 Å². The van der Waals surface area contributed by atoms with Gasteiger partial charge < -0.3 is 15.2 Å². The van der Waals surface area contributed by atoms with Crippen LogP contribution < -0.4 is 10.6 Å². The monoisotopic (exact) mass is 338 g/mol. The number of aryl methyl sites for hydroxylation is 1. The van der Waals surface area contributed by atoms with E-state index in [0.29, 0.717) is 17.1 Å². The first kappa shape index (κ1) is 15.6. The number of hydrogen-bond acceptors (Lipinski definition) is 4. The maximum Gasteiger partial charge on any atom is 0.229 e. The van der Waals surface area contributed by atoms with Gasteiger partial charge in [0.25, 0.3) is 0 Å². The summed E-state index contributed by atoms with van der Waals surface area (Å²) in [6.07, 6.45) is 3.44. The Labute approximate surface area is 144 Å². The van der Waals surface area contributed by atoms with Crippen LogP contribution in [-0.4, -0.2) is 27.1 Å². The summed E-state index contributed by atoms with van der Waals surface area (Å²) in [7, 11) is 1.84. The molecule has 2 N–H and O–H groups in total. The zero-order chi connectivity index (χ0) is 17.8. The summed E-state index contributed by atoms with van der Waals surface area (Å²) >= 11 is 0. The molecule has 25 heavy (non-hydrogen) atoms. The van der Waals surface area contributed by atoms with E-state index < -0.39 is 17.3 Å². The van der Waals surface area contributed by atoms with Gasteiger partial charge in [0.2, 0.25) is 11.8 Å². The molecule has 0 saturated heterocycles. The summed E-state index contributed by atoms with van der Waals surface area (Å²) in [4.78, 5) is 42.2. The quantitative estimate of drug-likeness (QED) is 0.877. The Kier molecular flexibility index (Phi) is 3.28. The topological polar surface area (TPSA) is 93.1 Å². The average Bonchev–Trinajstić information content (AvgIpc) is 3.06. The van der Waals surface area contributed by atoms with Crippen LogP contribution >= 0.6 is 0 Å². The van der Waals surface area contributed by atoms with Gasteiger partial charge in [0.15, 0.2) is 5.78 Å². The van der Waals surface area contributed by atoms with Crippen molar-refractivity contribution in [2.45, 2.75) is 13.5 Å². The van der Waals surface area contributed by atoms with Crippen LogP contribution in [0, 0.1) is 17.3 Å². The molecule has 128 valence electrons. The predicted octanol–water partition coefficient (Wildman–Crippen LogP) is 1.12. The molecule has 7 heteroatoms. The fraction of sp³-hybridized carbons (Fsp3) is 0.333. The number of Topliss-reactive ketones (excluding diaryl/α,β-unsaturated/α-hetero) is 1. The lowest BCUT2D eigenvalue weighted by Crippen LogP contribution is -2.30. The minimum Gasteiger partial charge on any atom is -0.349 e. The third kappa shape index (κ3) is 2.19. The minimum absolute atomic E-state index is 0.163. The van der Waals surface area contributed by atoms with Gasteiger partial charge in [-0.25, -0.2) is 4.98 Å². The van der Waals surface area contributed by atoms with Crippen molar-refractivity contribution in [1.29, 1.82) is 0 Å². The molecule has 0 spiro atoms. The molecule has 1 aliphatic heterocycles. The minimum atomic E-state index is -0.998. The average molecular weight is 338 g/mol. The van der Waals surface area contributed by atoms with E-state index in [1.165, 1.54) is 0 Å². The van der Waals surface area contributed by atoms with Crippen LogP contribution in [0.15, 0.2) is 36.7 Å². The molecule has 1 fully saturated rings. The zero-order valence-electron chi connectivity index (χ0n) is 13.9. The standard InChI is InChI=1S/C18H18N4O3/c1-18-13(16(24)20-9-12-19-7-8-22(12)2)14(18)17(25)21-11-6-4-3-5-10(11)15(18)23/h3-8,13-14H,9H2,1-2H3,(H,20,24)(H,21,25)/t13-,14-,18+/m0/s1. The molecule has 1 aliphatic carbocycles. The smallest absolute Gasteiger partial charge is 0.229 e. The van der Waals surface area contributed by atoms with Crippen LogP contribution in [-0.2, 0) is 23.2 Å². The zero-order valence-corrected chi connectivity index (χ0v) is 13.9. The van der Waals surface area contributed by atoms with Gasteiger partial charge in [-0.15, -0.1) is 0 Å². The molecule has 1 saturated carbocycles. The number of aromatic nitrogens is 2. The maximum atomic E-state index is 13.0. The number of para-hydroxylation sites is 1. The van der Waals surface area contributed by atoms with Crippen LogP contribution in [0.25, 0.3) is 0 Å². The molecule has 1 aromatic carbocycles. The lowest BCUT2D eigenvalue weighted by Gasteiger charge is -2.12. The molecule has 2 amide bonds. The van der Waals surface area contributed by atoms with Crippen molar-refractivity contribution in [1.82, 2.24) is 14.9 Å². The Morgan fingerprint density at radius 1 is 1.36 bits per heavy atom. The number of anilines is 1. The number of hydrogen-bond donors (Lipinski definition) is 2. The van der Waals surface area contributed by atoms with Gasteiger partial charge in [0.1, 0.15) is 5.82 Å². The van der Waals surface area contributed by atoms with Crippen molar-refractivity contribution in [3.8, 4) is 0 Å². The number of fused-ring (bicyclic) bond motifs is 2. The highest BCUT2D eigenvalue weighted by atomic mass is 16.2. The molecule has 2 aliphatic rings. The first-order valence-electron chi connectivity index (χ1n) is 8.13. The molecule has 4 rings (SSSR count). The lowest BCUT2D eigenvalue weighted by atomic mass is 9.92. The first-order valence-corrected chi connectivity index (χ1v) is 8.13. The van der Waals surface area contributed by atoms with Crippen molar-refractivity contribution in [3.05, 3.63) is 48.0 Å². The van der Waals surface area contributed by atoms with E-state index in [1.807, 2.05) is 7.05 Å². The van der Waals surface area contributed by atoms with Gasteiger partial charge in [-0.3, -0.25) is 14.4 Å². The van der Waals surface area contributed by atoms with Gasteiger partial charge >= 0.3 is 0 Å². The first-order chi connectivity index (χ1) is 11.9. The van der Waals surface area contributed by atoms with E-state index in [-0.39, 0.29) is 24.1 Å². The predicted molar refractivity (Wildman–Crippen MR) is 89.5 cm³/mol. The second-order valence-corrected chi connectivity index (χ2v) is 6.77. The molecular weight excluding hydrogens is 320 g/mol. The molecule has 0 bridgehead atoms. The van der Waals surface area contributed by atoms with Crippen LogP contribution in [0.3, 0.4) is 0 Å². The summed E-state index contributed by atoms with van der Waals surface area (Å²) in [5.41, 5.74) is -0.0269. The summed E-state index contributed by atoms with van der Waals surface area (Å²) in [5.74, 6) is -1.33. The van der Waals surface area contributed by atoms with Crippen molar-refractivity contribution in [2.24, 2.45) is 24.3 Å². The number of ketones is 1. The molecule has 7 nitrogen and oxygen atoms in total. The number of carbonyl (C=O) groups excluding carboxylic acids is 3. The Morgan fingerprint density at radius 2 is 2.12 bits per heavy atom. The van der Waals surface area contributed by atoms with Gasteiger partial charge in [-0.05, 0) is 12.1 Å². The highest BCUT2D eigenvalue weighted by Crippen LogP contribution is 2.62. The molecule has 2 heterocycles. The van der Waals surface area contributed by atoms with Gasteiger partial charge in [-0.2, -0.15) is 0 Å². The van der Waals surface area contributed by atoms with Crippen LogP contribution in [0.5, 0.6) is 0 Å². The number of benzene rings is 1. The number of nitrogens with one attached hydrogen (secondary N) is 2. The number of rotatable bonds is 3. The fourth-order valence-corrected chi connectivity index (χ4v) is 3.78. The van der Waals surface area contributed by atoms with Crippen molar-refractivity contribution < 1.29 is 14.4 Å². The number of amides is 2. The molecule has 0 unspecified atom stereocenters. The van der Waals surface area contributed by atoms with E-state index in [4.69, 9.17) is 0 Å². The molecule has 1 aromatic heterocycles. The third-order valence-electron chi connectivity index (χ3n) is 5.34. The number of nitrogens with zero attached hydrogens (tertiary/aromatic N) is 2. The Morgan fingerprint density at radius 3 is 2.84 bits per heavy atom. The highest BCUT2D eigenvalue weighted by molar-refractivity contribution is 6.19. The van der Waals surface area contributed by atoms with E-state index >= 15 is 0 Å². The summed E-state index contributed by atoms with van der Waals surface area (Å²) in [5, 5.41) is 5.58. The highest BCUT2D eigenvalue weighted by Gasteiger charge is 2.73. The van der Waals surface area contributed by atoms with E-state index in [0.717, 1.165) is 0 Å². The SMILES string of the molecule is Cn1ccnc1CNC(=O)[C@@H]1[C@H]2C(=O)Nc3ccccc3C(=O)[C@]12C. The van der Waals surface area contributed by atoms with Crippen LogP contribution in [0.2, 0.25) is 0 Å². The van der Waals surface area contributed by atoms with Crippen LogP contribution in [0.1, 0.15) is 23.1 Å². The lowest BCUT2D eigenvalue weighted by molar-refractivity contribution is -0.125. The second-order valence-electron chi connectivity index (χ2n) is 6.77. The van der Waals surface area contributed by atoms with Gasteiger partial charge in [0.05, 0.1) is 29.5 Å². The molecule has 3 atom stereocenters.